The number of furan rings is 1. The van der Waals surface area contributed by atoms with Gasteiger partial charge < -0.3 is 18.8 Å². The van der Waals surface area contributed by atoms with Crippen LogP contribution in [-0.2, 0) is 0 Å². The van der Waals surface area contributed by atoms with Crippen molar-refractivity contribution in [1.82, 2.24) is 4.57 Å². The van der Waals surface area contributed by atoms with Crippen molar-refractivity contribution in [2.24, 2.45) is 0 Å². The monoisotopic (exact) mass is 755 g/mol. The number of phenols is 1. The van der Waals surface area contributed by atoms with E-state index in [0.717, 1.165) is 77.6 Å². The molecule has 0 saturated heterocycles. The summed E-state index contributed by atoms with van der Waals surface area (Å²) in [5.41, 5.74) is 13.2. The number of benzene rings is 9. The Bertz CT molecular complexity index is 3360. The van der Waals surface area contributed by atoms with Gasteiger partial charge in [0, 0.05) is 32.7 Å². The van der Waals surface area contributed by atoms with Gasteiger partial charge in [-0.3, -0.25) is 0 Å². The Morgan fingerprint density at radius 1 is 0.424 bits per heavy atom. The lowest BCUT2D eigenvalue weighted by molar-refractivity contribution is 0.477. The Morgan fingerprint density at radius 3 is 1.81 bits per heavy atom. The minimum Gasteiger partial charge on any atom is -0.507 e. The molecule has 2 radical (unpaired) electrons. The summed E-state index contributed by atoms with van der Waals surface area (Å²) in [6, 6.07) is 67.9. The van der Waals surface area contributed by atoms with E-state index < -0.39 is 0 Å². The van der Waals surface area contributed by atoms with Crippen molar-refractivity contribution in [3.8, 4) is 67.4 Å². The molecule has 2 heterocycles. The molecular weight excluding hydrogens is 721 g/mol. The second kappa shape index (κ2) is 14.0. The summed E-state index contributed by atoms with van der Waals surface area (Å²) < 4.78 is 15.2. The molecule has 276 valence electrons. The SMILES string of the molecule is [B]c1ccc(-c2ccccc2-n2c3ccccc3c3ccccc32)cc1Oc1cc(-c2cccc(-c3ccc4oc5ccccc5c4c3)c2)cc(-c2ccccc2O)c1. The molecule has 4 nitrogen and oxygen atoms in total. The van der Waals surface area contributed by atoms with Crippen LogP contribution in [0, 0.1) is 0 Å². The third-order valence-electron chi connectivity index (χ3n) is 11.3. The van der Waals surface area contributed by atoms with Gasteiger partial charge in [0.15, 0.2) is 0 Å². The first kappa shape index (κ1) is 34.5. The lowest BCUT2D eigenvalue weighted by Gasteiger charge is -2.17. The maximum atomic E-state index is 11.0. The fraction of sp³-hybridized carbons (Fsp3) is 0. The minimum absolute atomic E-state index is 0.188. The van der Waals surface area contributed by atoms with E-state index >= 15 is 0 Å². The first-order valence-electron chi connectivity index (χ1n) is 19.7. The molecule has 0 atom stereocenters. The molecule has 0 aliphatic heterocycles. The van der Waals surface area contributed by atoms with Gasteiger partial charge in [-0.2, -0.15) is 0 Å². The summed E-state index contributed by atoms with van der Waals surface area (Å²) >= 11 is 0. The predicted octanol–water partition coefficient (Wildman–Crippen LogP) is 13.6. The molecule has 0 bridgehead atoms. The fourth-order valence-electron chi connectivity index (χ4n) is 8.49. The van der Waals surface area contributed by atoms with Gasteiger partial charge in [-0.25, -0.2) is 0 Å². The zero-order valence-corrected chi connectivity index (χ0v) is 31.8. The van der Waals surface area contributed by atoms with E-state index in [4.69, 9.17) is 17.0 Å². The number of aromatic nitrogens is 1. The highest BCUT2D eigenvalue weighted by molar-refractivity contribution is 6.34. The van der Waals surface area contributed by atoms with Crippen LogP contribution >= 0.6 is 0 Å². The standard InChI is InChI=1S/C54H34BNO3/c55-47-26-24-37(41-14-1-6-19-48(41)56-49-20-7-2-16-43(49)44-17-3-8-21-50(44)56)33-54(47)58-40-30-38(29-39(31-40)42-15-4-9-22-51(42)57)35-13-11-12-34(28-35)36-25-27-53-46(32-36)45-18-5-10-23-52(45)59-53/h1-33,57H. The highest BCUT2D eigenvalue weighted by atomic mass is 16.5. The molecule has 2 aromatic heterocycles. The number of rotatable bonds is 7. The quantitative estimate of drug-likeness (QED) is 0.165. The maximum Gasteiger partial charge on any atom is 0.135 e. The summed E-state index contributed by atoms with van der Waals surface area (Å²) in [5, 5.41) is 15.6. The molecule has 11 rings (SSSR count). The summed E-state index contributed by atoms with van der Waals surface area (Å²) in [7, 11) is 6.69. The smallest absolute Gasteiger partial charge is 0.135 e. The summed E-state index contributed by atoms with van der Waals surface area (Å²) in [4.78, 5) is 0. The average Bonchev–Trinajstić information content (AvgIpc) is 3.83. The van der Waals surface area contributed by atoms with E-state index in [0.29, 0.717) is 22.5 Å². The second-order valence-electron chi connectivity index (χ2n) is 14.9. The van der Waals surface area contributed by atoms with Crippen molar-refractivity contribution in [3.05, 3.63) is 200 Å². The van der Waals surface area contributed by atoms with Crippen molar-refractivity contribution in [2.45, 2.75) is 0 Å². The van der Waals surface area contributed by atoms with Crippen LogP contribution in [0.5, 0.6) is 17.2 Å². The number of hydrogen-bond donors (Lipinski definition) is 1. The minimum atomic E-state index is 0.188. The molecule has 59 heavy (non-hydrogen) atoms. The van der Waals surface area contributed by atoms with Gasteiger partial charge in [0.25, 0.3) is 0 Å². The molecule has 0 amide bonds. The van der Waals surface area contributed by atoms with Crippen LogP contribution in [0.15, 0.2) is 205 Å². The number of nitrogens with zero attached hydrogens (tertiary/aromatic N) is 1. The third kappa shape index (κ3) is 6.03. The first-order valence-corrected chi connectivity index (χ1v) is 19.7. The van der Waals surface area contributed by atoms with Gasteiger partial charge in [0.2, 0.25) is 0 Å². The molecule has 0 aliphatic rings. The van der Waals surface area contributed by atoms with Crippen molar-refractivity contribution in [1.29, 1.82) is 0 Å². The topological polar surface area (TPSA) is 47.5 Å². The van der Waals surface area contributed by atoms with E-state index in [1.165, 1.54) is 10.8 Å². The Balaban J connectivity index is 1.01. The first-order chi connectivity index (χ1) is 29.1. The van der Waals surface area contributed by atoms with Crippen molar-refractivity contribution in [3.63, 3.8) is 0 Å². The molecule has 0 unspecified atom stereocenters. The molecule has 0 fully saturated rings. The number of para-hydroxylation sites is 5. The highest BCUT2D eigenvalue weighted by Gasteiger charge is 2.17. The zero-order chi connectivity index (χ0) is 39.5. The molecule has 0 saturated carbocycles. The van der Waals surface area contributed by atoms with Gasteiger partial charge in [-0.1, -0.05) is 133 Å². The van der Waals surface area contributed by atoms with Gasteiger partial charge in [-0.15, -0.1) is 0 Å². The number of hydrogen-bond acceptors (Lipinski definition) is 3. The zero-order valence-electron chi connectivity index (χ0n) is 31.8. The lowest BCUT2D eigenvalue weighted by atomic mass is 9.91. The van der Waals surface area contributed by atoms with Crippen LogP contribution in [0.1, 0.15) is 0 Å². The van der Waals surface area contributed by atoms with Crippen LogP contribution < -0.4 is 10.2 Å². The molecule has 1 N–H and O–H groups in total. The molecule has 0 aliphatic carbocycles. The highest BCUT2D eigenvalue weighted by Crippen LogP contribution is 2.40. The van der Waals surface area contributed by atoms with Crippen LogP contribution in [-0.4, -0.2) is 17.5 Å². The van der Waals surface area contributed by atoms with E-state index in [9.17, 15) is 5.11 Å². The van der Waals surface area contributed by atoms with E-state index in [1.807, 2.05) is 72.8 Å². The maximum absolute atomic E-state index is 11.0. The molecule has 5 heteroatoms. The molecule has 9 aromatic carbocycles. The lowest BCUT2D eigenvalue weighted by Crippen LogP contribution is -2.07. The Labute approximate surface area is 342 Å². The average molecular weight is 756 g/mol. The second-order valence-corrected chi connectivity index (χ2v) is 14.9. The molecule has 11 aromatic rings. The van der Waals surface area contributed by atoms with Crippen LogP contribution in [0.4, 0.5) is 0 Å². The Hall–Kier alpha value is -7.76. The number of fused-ring (bicyclic) bond motifs is 6. The summed E-state index contributed by atoms with van der Waals surface area (Å²) in [6.07, 6.45) is 0. The van der Waals surface area contributed by atoms with E-state index in [-0.39, 0.29) is 5.75 Å². The Morgan fingerprint density at radius 2 is 1.02 bits per heavy atom. The van der Waals surface area contributed by atoms with Gasteiger partial charge in [0.05, 0.1) is 16.7 Å². The predicted molar refractivity (Wildman–Crippen MR) is 243 cm³/mol. The van der Waals surface area contributed by atoms with Crippen molar-refractivity contribution in [2.75, 3.05) is 0 Å². The van der Waals surface area contributed by atoms with Gasteiger partial charge in [0.1, 0.15) is 36.3 Å². The van der Waals surface area contributed by atoms with Gasteiger partial charge in [-0.05, 0) is 106 Å². The van der Waals surface area contributed by atoms with Crippen LogP contribution in [0.25, 0.3) is 93.9 Å². The fourth-order valence-corrected chi connectivity index (χ4v) is 8.49. The summed E-state index contributed by atoms with van der Waals surface area (Å²) in [5.74, 6) is 1.32. The van der Waals surface area contributed by atoms with E-state index in [1.54, 1.807) is 6.07 Å². The normalized spacial score (nSPS) is 11.5. The van der Waals surface area contributed by atoms with Crippen LogP contribution in [0.2, 0.25) is 0 Å². The number of aromatic hydroxyl groups is 1. The Kier molecular flexibility index (Phi) is 8.19. The molecular formula is C54H34BNO3. The van der Waals surface area contributed by atoms with Crippen molar-refractivity contribution >= 4 is 57.1 Å². The van der Waals surface area contributed by atoms with Gasteiger partial charge >= 0.3 is 0 Å². The number of phenolic OH excluding ortho intramolecular Hbond substituents is 1. The van der Waals surface area contributed by atoms with Crippen LogP contribution in [0.3, 0.4) is 0 Å². The van der Waals surface area contributed by atoms with E-state index in [2.05, 4.69) is 126 Å². The summed E-state index contributed by atoms with van der Waals surface area (Å²) in [6.45, 7) is 0. The van der Waals surface area contributed by atoms with Crippen molar-refractivity contribution < 1.29 is 14.3 Å². The third-order valence-corrected chi connectivity index (χ3v) is 11.3. The molecule has 0 spiro atoms. The largest absolute Gasteiger partial charge is 0.507 e. The number of ether oxygens (including phenoxy) is 1.